The molecule has 0 fully saturated rings. The molecule has 3 heteroatoms. The van der Waals surface area contributed by atoms with E-state index in [-0.39, 0.29) is 11.7 Å². The van der Waals surface area contributed by atoms with E-state index in [0.717, 1.165) is 11.1 Å². The smallest absolute Gasteiger partial charge is 0.305 e. The first kappa shape index (κ1) is 14.5. The van der Waals surface area contributed by atoms with Gasteiger partial charge in [-0.1, -0.05) is 26.0 Å². The Labute approximate surface area is 97.1 Å². The number of esters is 1. The van der Waals surface area contributed by atoms with Crippen LogP contribution in [0.3, 0.4) is 0 Å². The second kappa shape index (κ2) is 7.74. The van der Waals surface area contributed by atoms with Crippen LogP contribution in [0.15, 0.2) is 18.2 Å². The maximum atomic E-state index is 10.9. The highest BCUT2D eigenvalue weighted by atomic mass is 16.5. The number of rotatable bonds is 3. The SMILES string of the molecule is CC.COC(=O)CCc1ccc(C)c(O)c1. The summed E-state index contributed by atoms with van der Waals surface area (Å²) in [6.45, 7) is 5.83. The Morgan fingerprint density at radius 2 is 2.00 bits per heavy atom. The van der Waals surface area contributed by atoms with Gasteiger partial charge in [0.05, 0.1) is 7.11 Å². The molecule has 0 aromatic heterocycles. The number of ether oxygens (including phenoxy) is 1. The standard InChI is InChI=1S/C11H14O3.C2H6/c1-8-3-4-9(7-10(8)12)5-6-11(13)14-2;1-2/h3-4,7,12H,5-6H2,1-2H3;1-2H3. The van der Waals surface area contributed by atoms with Crippen LogP contribution in [0.2, 0.25) is 0 Å². The molecular weight excluding hydrogens is 204 g/mol. The fourth-order valence-electron chi connectivity index (χ4n) is 1.16. The number of benzene rings is 1. The fraction of sp³-hybridized carbons (Fsp3) is 0.462. The summed E-state index contributed by atoms with van der Waals surface area (Å²) in [5.41, 5.74) is 1.78. The van der Waals surface area contributed by atoms with Crippen molar-refractivity contribution in [3.8, 4) is 5.75 Å². The number of hydrogen-bond acceptors (Lipinski definition) is 3. The number of aryl methyl sites for hydroxylation is 2. The van der Waals surface area contributed by atoms with Crippen LogP contribution in [0.1, 0.15) is 31.4 Å². The molecule has 0 aliphatic carbocycles. The van der Waals surface area contributed by atoms with Crippen LogP contribution >= 0.6 is 0 Å². The van der Waals surface area contributed by atoms with Crippen molar-refractivity contribution in [1.82, 2.24) is 0 Å². The average molecular weight is 224 g/mol. The lowest BCUT2D eigenvalue weighted by molar-refractivity contribution is -0.140. The minimum absolute atomic E-state index is 0.231. The summed E-state index contributed by atoms with van der Waals surface area (Å²) in [5, 5.41) is 9.41. The van der Waals surface area contributed by atoms with Gasteiger partial charge < -0.3 is 9.84 Å². The number of phenolic OH excluding ortho intramolecular Hbond substituents is 1. The molecule has 3 nitrogen and oxygen atoms in total. The summed E-state index contributed by atoms with van der Waals surface area (Å²) in [5.74, 6) is 0.0393. The number of hydrogen-bond donors (Lipinski definition) is 1. The van der Waals surface area contributed by atoms with E-state index < -0.39 is 0 Å². The van der Waals surface area contributed by atoms with Crippen LogP contribution in [-0.4, -0.2) is 18.2 Å². The van der Waals surface area contributed by atoms with Gasteiger partial charge in [-0.3, -0.25) is 4.79 Å². The molecule has 0 spiro atoms. The van der Waals surface area contributed by atoms with Crippen molar-refractivity contribution in [2.45, 2.75) is 33.6 Å². The quantitative estimate of drug-likeness (QED) is 0.803. The Hall–Kier alpha value is -1.51. The van der Waals surface area contributed by atoms with Gasteiger partial charge in [0.15, 0.2) is 0 Å². The molecule has 0 atom stereocenters. The van der Waals surface area contributed by atoms with Crippen LogP contribution in [0.4, 0.5) is 0 Å². The van der Waals surface area contributed by atoms with E-state index >= 15 is 0 Å². The molecular formula is C13H20O3. The second-order valence-corrected chi connectivity index (χ2v) is 3.20. The third kappa shape index (κ3) is 4.82. The predicted molar refractivity (Wildman–Crippen MR) is 64.5 cm³/mol. The van der Waals surface area contributed by atoms with Crippen molar-refractivity contribution < 1.29 is 14.6 Å². The number of methoxy groups -OCH3 is 1. The van der Waals surface area contributed by atoms with Crippen LogP contribution in [0.25, 0.3) is 0 Å². The Balaban J connectivity index is 0.00000106. The molecule has 90 valence electrons. The minimum Gasteiger partial charge on any atom is -0.508 e. The first-order valence-corrected chi connectivity index (χ1v) is 5.49. The molecule has 0 heterocycles. The molecule has 0 bridgehead atoms. The Morgan fingerprint density at radius 3 is 2.50 bits per heavy atom. The molecule has 0 radical (unpaired) electrons. The van der Waals surface area contributed by atoms with Crippen molar-refractivity contribution in [3.05, 3.63) is 29.3 Å². The maximum Gasteiger partial charge on any atom is 0.305 e. The Kier molecular flexibility index (Phi) is 7.01. The van der Waals surface area contributed by atoms with E-state index in [1.54, 1.807) is 6.07 Å². The van der Waals surface area contributed by atoms with Gasteiger partial charge in [-0.05, 0) is 30.5 Å². The van der Waals surface area contributed by atoms with Crippen LogP contribution in [-0.2, 0) is 16.0 Å². The minimum atomic E-state index is -0.231. The first-order valence-electron chi connectivity index (χ1n) is 5.49. The highest BCUT2D eigenvalue weighted by Gasteiger charge is 2.03. The summed E-state index contributed by atoms with van der Waals surface area (Å²) < 4.78 is 4.52. The molecule has 0 saturated heterocycles. The van der Waals surface area contributed by atoms with Gasteiger partial charge in [0.25, 0.3) is 0 Å². The van der Waals surface area contributed by atoms with Crippen molar-refractivity contribution in [2.75, 3.05) is 7.11 Å². The average Bonchev–Trinajstić information content (AvgIpc) is 2.33. The second-order valence-electron chi connectivity index (χ2n) is 3.20. The molecule has 1 aromatic carbocycles. The molecule has 0 unspecified atom stereocenters. The molecule has 0 amide bonds. The lowest BCUT2D eigenvalue weighted by Crippen LogP contribution is -2.01. The Morgan fingerprint density at radius 1 is 1.38 bits per heavy atom. The lowest BCUT2D eigenvalue weighted by atomic mass is 10.1. The summed E-state index contributed by atoms with van der Waals surface area (Å²) in [6, 6.07) is 5.41. The lowest BCUT2D eigenvalue weighted by Gasteiger charge is -2.03. The zero-order valence-corrected chi connectivity index (χ0v) is 10.4. The van der Waals surface area contributed by atoms with Gasteiger partial charge in [0.1, 0.15) is 5.75 Å². The van der Waals surface area contributed by atoms with E-state index in [1.165, 1.54) is 7.11 Å². The largest absolute Gasteiger partial charge is 0.508 e. The summed E-state index contributed by atoms with van der Waals surface area (Å²) in [6.07, 6.45) is 0.944. The first-order chi connectivity index (χ1) is 7.63. The van der Waals surface area contributed by atoms with Gasteiger partial charge in [0, 0.05) is 6.42 Å². The zero-order valence-electron chi connectivity index (χ0n) is 10.4. The van der Waals surface area contributed by atoms with Gasteiger partial charge >= 0.3 is 5.97 Å². The molecule has 1 aromatic rings. The van der Waals surface area contributed by atoms with Crippen molar-refractivity contribution in [2.24, 2.45) is 0 Å². The van der Waals surface area contributed by atoms with Gasteiger partial charge in [-0.25, -0.2) is 0 Å². The van der Waals surface area contributed by atoms with E-state index in [0.29, 0.717) is 12.8 Å². The van der Waals surface area contributed by atoms with Crippen LogP contribution in [0.5, 0.6) is 5.75 Å². The predicted octanol–water partition coefficient (Wildman–Crippen LogP) is 2.83. The molecule has 0 saturated carbocycles. The van der Waals surface area contributed by atoms with Crippen molar-refractivity contribution >= 4 is 5.97 Å². The van der Waals surface area contributed by atoms with Crippen LogP contribution < -0.4 is 0 Å². The van der Waals surface area contributed by atoms with E-state index in [9.17, 15) is 9.90 Å². The molecule has 0 aliphatic heterocycles. The number of phenols is 1. The number of carbonyl (C=O) groups is 1. The van der Waals surface area contributed by atoms with Gasteiger partial charge in [0.2, 0.25) is 0 Å². The van der Waals surface area contributed by atoms with Crippen molar-refractivity contribution in [1.29, 1.82) is 0 Å². The number of carbonyl (C=O) groups excluding carboxylic acids is 1. The van der Waals surface area contributed by atoms with Gasteiger partial charge in [-0.2, -0.15) is 0 Å². The van der Waals surface area contributed by atoms with E-state index in [2.05, 4.69) is 4.74 Å². The van der Waals surface area contributed by atoms with E-state index in [1.807, 2.05) is 32.9 Å². The monoisotopic (exact) mass is 224 g/mol. The topological polar surface area (TPSA) is 46.5 Å². The molecule has 1 N–H and O–H groups in total. The highest BCUT2D eigenvalue weighted by Crippen LogP contribution is 2.18. The molecule has 16 heavy (non-hydrogen) atoms. The summed E-state index contributed by atoms with van der Waals surface area (Å²) in [7, 11) is 1.37. The number of aromatic hydroxyl groups is 1. The normalized spacial score (nSPS) is 9.00. The maximum absolute atomic E-state index is 10.9. The van der Waals surface area contributed by atoms with Gasteiger partial charge in [-0.15, -0.1) is 0 Å². The summed E-state index contributed by atoms with van der Waals surface area (Å²) in [4.78, 5) is 10.9. The molecule has 0 aliphatic rings. The van der Waals surface area contributed by atoms with Crippen LogP contribution in [0, 0.1) is 6.92 Å². The van der Waals surface area contributed by atoms with Crippen molar-refractivity contribution in [3.63, 3.8) is 0 Å². The third-order valence-corrected chi connectivity index (χ3v) is 2.12. The third-order valence-electron chi connectivity index (χ3n) is 2.12. The highest BCUT2D eigenvalue weighted by molar-refractivity contribution is 5.69. The summed E-state index contributed by atoms with van der Waals surface area (Å²) >= 11 is 0. The van der Waals surface area contributed by atoms with E-state index in [4.69, 9.17) is 0 Å². The zero-order chi connectivity index (χ0) is 12.6. The fourth-order valence-corrected chi connectivity index (χ4v) is 1.16. The molecule has 1 rings (SSSR count). The Bertz CT molecular complexity index is 332.